The molecular weight excluding hydrogens is 366 g/mol. The van der Waals surface area contributed by atoms with Crippen molar-refractivity contribution in [3.8, 4) is 11.5 Å². The van der Waals surface area contributed by atoms with Crippen LogP contribution in [-0.4, -0.2) is 12.6 Å². The highest BCUT2D eigenvalue weighted by atomic mass is 79.9. The van der Waals surface area contributed by atoms with Crippen LogP contribution >= 0.6 is 15.9 Å². The Morgan fingerprint density at radius 3 is 2.29 bits per heavy atom. The van der Waals surface area contributed by atoms with Gasteiger partial charge in [0.1, 0.15) is 6.61 Å². The number of nitrogens with one attached hydrogen (secondary N) is 1. The smallest absolute Gasteiger partial charge is 0.167 e. The second-order valence-electron chi connectivity index (χ2n) is 6.94. The van der Waals surface area contributed by atoms with E-state index in [0.29, 0.717) is 13.2 Å². The number of methoxy groups -OCH3 is 1. The second kappa shape index (κ2) is 8.04. The molecule has 0 radical (unpaired) electrons. The van der Waals surface area contributed by atoms with Gasteiger partial charge in [-0.1, -0.05) is 45.8 Å². The molecule has 0 aromatic heterocycles. The first-order valence-electron chi connectivity index (χ1n) is 8.09. The fraction of sp³-hybridized carbons (Fsp3) is 0.400. The summed E-state index contributed by atoms with van der Waals surface area (Å²) >= 11 is 3.64. The lowest BCUT2D eigenvalue weighted by Crippen LogP contribution is -2.35. The molecule has 2 aromatic carbocycles. The Morgan fingerprint density at radius 1 is 1.04 bits per heavy atom. The molecule has 0 bridgehead atoms. The third-order valence-corrected chi connectivity index (χ3v) is 4.43. The fourth-order valence-corrected chi connectivity index (χ4v) is 2.71. The minimum atomic E-state index is 0.0245. The average Bonchev–Trinajstić information content (AvgIpc) is 2.52. The van der Waals surface area contributed by atoms with Crippen LogP contribution in [0, 0.1) is 6.92 Å². The van der Waals surface area contributed by atoms with E-state index in [0.717, 1.165) is 27.1 Å². The molecule has 1 N–H and O–H groups in total. The molecule has 2 rings (SSSR count). The maximum absolute atomic E-state index is 6.14. The van der Waals surface area contributed by atoms with Crippen molar-refractivity contribution in [1.29, 1.82) is 0 Å². The summed E-state index contributed by atoms with van der Waals surface area (Å²) in [4.78, 5) is 0. The van der Waals surface area contributed by atoms with Crippen molar-refractivity contribution in [2.45, 2.75) is 46.4 Å². The average molecular weight is 392 g/mol. The lowest BCUT2D eigenvalue weighted by molar-refractivity contribution is 0.279. The lowest BCUT2D eigenvalue weighted by Gasteiger charge is -2.23. The summed E-state index contributed by atoms with van der Waals surface area (Å²) in [7, 11) is 1.67. The Morgan fingerprint density at radius 2 is 1.71 bits per heavy atom. The fourth-order valence-electron chi connectivity index (χ4n) is 2.26. The molecule has 0 unspecified atom stereocenters. The molecule has 0 saturated carbocycles. The van der Waals surface area contributed by atoms with Gasteiger partial charge in [0.2, 0.25) is 0 Å². The molecule has 0 heterocycles. The van der Waals surface area contributed by atoms with Crippen LogP contribution in [0.3, 0.4) is 0 Å². The monoisotopic (exact) mass is 391 g/mol. The van der Waals surface area contributed by atoms with Crippen LogP contribution in [0.2, 0.25) is 0 Å². The molecule has 3 nitrogen and oxygen atoms in total. The minimum absolute atomic E-state index is 0.0245. The van der Waals surface area contributed by atoms with E-state index in [4.69, 9.17) is 9.47 Å². The molecule has 130 valence electrons. The first kappa shape index (κ1) is 18.8. The van der Waals surface area contributed by atoms with Crippen LogP contribution in [0.15, 0.2) is 40.9 Å². The second-order valence-corrected chi connectivity index (χ2v) is 7.79. The number of aryl methyl sites for hydroxylation is 1. The van der Waals surface area contributed by atoms with Gasteiger partial charge < -0.3 is 14.8 Å². The minimum Gasteiger partial charge on any atom is -0.493 e. The van der Waals surface area contributed by atoms with E-state index in [1.165, 1.54) is 5.56 Å². The van der Waals surface area contributed by atoms with Gasteiger partial charge in [0.25, 0.3) is 0 Å². The van der Waals surface area contributed by atoms with E-state index in [2.05, 4.69) is 73.2 Å². The van der Waals surface area contributed by atoms with E-state index < -0.39 is 0 Å². The highest BCUT2D eigenvalue weighted by molar-refractivity contribution is 9.10. The van der Waals surface area contributed by atoms with E-state index in [-0.39, 0.29) is 5.54 Å². The van der Waals surface area contributed by atoms with E-state index in [1.807, 2.05) is 12.1 Å². The molecule has 0 aliphatic rings. The molecule has 24 heavy (non-hydrogen) atoms. The summed E-state index contributed by atoms with van der Waals surface area (Å²) < 4.78 is 12.7. The van der Waals surface area contributed by atoms with Gasteiger partial charge in [-0.2, -0.15) is 0 Å². The number of hydrogen-bond acceptors (Lipinski definition) is 3. The lowest BCUT2D eigenvalue weighted by atomic mass is 10.1. The predicted octanol–water partition coefficient (Wildman–Crippen LogP) is 5.23. The third-order valence-electron chi connectivity index (χ3n) is 3.69. The Labute approximate surface area is 153 Å². The van der Waals surface area contributed by atoms with Gasteiger partial charge in [0, 0.05) is 22.1 Å². The van der Waals surface area contributed by atoms with Gasteiger partial charge in [-0.25, -0.2) is 0 Å². The van der Waals surface area contributed by atoms with Crippen molar-refractivity contribution in [3.63, 3.8) is 0 Å². The van der Waals surface area contributed by atoms with Crippen LogP contribution in [0.4, 0.5) is 0 Å². The highest BCUT2D eigenvalue weighted by Crippen LogP contribution is 2.37. The van der Waals surface area contributed by atoms with Crippen LogP contribution in [0.25, 0.3) is 0 Å². The molecule has 0 amide bonds. The van der Waals surface area contributed by atoms with Crippen molar-refractivity contribution in [2.75, 3.05) is 7.11 Å². The van der Waals surface area contributed by atoms with Gasteiger partial charge in [0.05, 0.1) is 7.11 Å². The summed E-state index contributed by atoms with van der Waals surface area (Å²) in [5.74, 6) is 1.53. The maximum Gasteiger partial charge on any atom is 0.167 e. The van der Waals surface area contributed by atoms with Gasteiger partial charge in [-0.05, 0) is 45.4 Å². The number of benzene rings is 2. The number of hydrogen-bond donors (Lipinski definition) is 1. The topological polar surface area (TPSA) is 30.5 Å². The Bertz CT molecular complexity index is 675. The van der Waals surface area contributed by atoms with Crippen LogP contribution < -0.4 is 14.8 Å². The highest BCUT2D eigenvalue weighted by Gasteiger charge is 2.17. The molecule has 0 aliphatic heterocycles. The summed E-state index contributed by atoms with van der Waals surface area (Å²) in [6, 6.07) is 12.3. The van der Waals surface area contributed by atoms with Crippen molar-refractivity contribution < 1.29 is 9.47 Å². The standard InChI is InChI=1S/C20H26BrNO2/c1-14-6-8-15(9-7-14)13-24-19-16(12-22-20(2,3)4)17(21)10-11-18(19)23-5/h6-11,22H,12-13H2,1-5H3. The van der Waals surface area contributed by atoms with Crippen molar-refractivity contribution in [1.82, 2.24) is 5.32 Å². The normalized spacial score (nSPS) is 11.4. The van der Waals surface area contributed by atoms with E-state index in [1.54, 1.807) is 7.11 Å². The van der Waals surface area contributed by atoms with Crippen LogP contribution in [-0.2, 0) is 13.2 Å². The zero-order valence-electron chi connectivity index (χ0n) is 15.1. The summed E-state index contributed by atoms with van der Waals surface area (Å²) in [5.41, 5.74) is 3.47. The van der Waals surface area contributed by atoms with Gasteiger partial charge in [-0.15, -0.1) is 0 Å². The predicted molar refractivity (Wildman–Crippen MR) is 103 cm³/mol. The molecule has 2 aromatic rings. The van der Waals surface area contributed by atoms with Crippen LogP contribution in [0.5, 0.6) is 11.5 Å². The molecule has 0 spiro atoms. The Balaban J connectivity index is 2.24. The zero-order valence-corrected chi connectivity index (χ0v) is 16.7. The number of rotatable bonds is 6. The first-order valence-corrected chi connectivity index (χ1v) is 8.88. The molecule has 0 fully saturated rings. The Hall–Kier alpha value is -1.52. The first-order chi connectivity index (χ1) is 11.3. The van der Waals surface area contributed by atoms with Gasteiger partial charge >= 0.3 is 0 Å². The SMILES string of the molecule is COc1ccc(Br)c(CNC(C)(C)C)c1OCc1ccc(C)cc1. The summed E-state index contributed by atoms with van der Waals surface area (Å²) in [5, 5.41) is 3.51. The number of halogens is 1. The molecule has 0 saturated heterocycles. The molecule has 0 atom stereocenters. The van der Waals surface area contributed by atoms with Crippen molar-refractivity contribution in [3.05, 3.63) is 57.6 Å². The van der Waals surface area contributed by atoms with E-state index >= 15 is 0 Å². The zero-order chi connectivity index (χ0) is 17.7. The maximum atomic E-state index is 6.14. The van der Waals surface area contributed by atoms with Crippen LogP contribution in [0.1, 0.15) is 37.5 Å². The summed E-state index contributed by atoms with van der Waals surface area (Å²) in [6.07, 6.45) is 0. The van der Waals surface area contributed by atoms with Crippen molar-refractivity contribution >= 4 is 15.9 Å². The third kappa shape index (κ3) is 5.25. The molecule has 4 heteroatoms. The molecular formula is C20H26BrNO2. The van der Waals surface area contributed by atoms with E-state index in [9.17, 15) is 0 Å². The largest absolute Gasteiger partial charge is 0.493 e. The Kier molecular flexibility index (Phi) is 6.30. The van der Waals surface area contributed by atoms with Gasteiger partial charge in [-0.3, -0.25) is 0 Å². The number of ether oxygens (including phenoxy) is 2. The van der Waals surface area contributed by atoms with Crippen molar-refractivity contribution in [2.24, 2.45) is 0 Å². The quantitative estimate of drug-likeness (QED) is 0.730. The molecule has 0 aliphatic carbocycles. The summed E-state index contributed by atoms with van der Waals surface area (Å²) in [6.45, 7) is 9.73. The van der Waals surface area contributed by atoms with Gasteiger partial charge in [0.15, 0.2) is 11.5 Å².